The van der Waals surface area contributed by atoms with Crippen molar-refractivity contribution < 1.29 is 23.0 Å². The molecule has 0 saturated heterocycles. The molecule has 1 atom stereocenters. The van der Waals surface area contributed by atoms with E-state index in [1.54, 1.807) is 32.4 Å². The van der Waals surface area contributed by atoms with Crippen LogP contribution < -0.4 is 24.8 Å². The maximum Gasteiger partial charge on any atom is 0.387 e. The Labute approximate surface area is 186 Å². The first-order valence-electron chi connectivity index (χ1n) is 8.79. The quantitative estimate of drug-likeness (QED) is 0.296. The Kier molecular flexibility index (Phi) is 11.1. The number of nitrogens with zero attached hydrogens (tertiary/aromatic N) is 1. The summed E-state index contributed by atoms with van der Waals surface area (Å²) in [6, 6.07) is 14.0. The molecule has 2 aromatic rings. The fraction of sp³-hybridized carbons (Fsp3) is 0.350. The highest BCUT2D eigenvalue weighted by molar-refractivity contribution is 14.0. The third kappa shape index (κ3) is 8.71. The van der Waals surface area contributed by atoms with Crippen LogP contribution in [0.3, 0.4) is 0 Å². The van der Waals surface area contributed by atoms with Gasteiger partial charge in [0.15, 0.2) is 5.96 Å². The first kappa shape index (κ1) is 24.7. The van der Waals surface area contributed by atoms with Gasteiger partial charge in [-0.1, -0.05) is 18.2 Å². The molecule has 0 fully saturated rings. The molecule has 160 valence electrons. The number of rotatable bonds is 9. The van der Waals surface area contributed by atoms with E-state index in [-0.39, 0.29) is 42.4 Å². The zero-order valence-electron chi connectivity index (χ0n) is 16.5. The predicted molar refractivity (Wildman–Crippen MR) is 120 cm³/mol. The predicted octanol–water partition coefficient (Wildman–Crippen LogP) is 4.05. The van der Waals surface area contributed by atoms with Gasteiger partial charge in [0.1, 0.15) is 23.4 Å². The van der Waals surface area contributed by atoms with E-state index in [0.29, 0.717) is 18.1 Å². The number of nitrogens with one attached hydrogen (secondary N) is 2. The van der Waals surface area contributed by atoms with Crippen molar-refractivity contribution in [3.63, 3.8) is 0 Å². The average Bonchev–Trinajstić information content (AvgIpc) is 2.69. The minimum absolute atomic E-state index is 0. The molecule has 0 spiro atoms. The molecule has 0 bridgehead atoms. The molecule has 0 aromatic heterocycles. The van der Waals surface area contributed by atoms with E-state index in [9.17, 15) is 8.78 Å². The number of alkyl halides is 2. The Bertz CT molecular complexity index is 761. The van der Waals surface area contributed by atoms with E-state index < -0.39 is 6.61 Å². The third-order valence-corrected chi connectivity index (χ3v) is 3.81. The van der Waals surface area contributed by atoms with Crippen molar-refractivity contribution in [2.24, 2.45) is 4.99 Å². The second kappa shape index (κ2) is 13.0. The lowest BCUT2D eigenvalue weighted by atomic mass is 10.2. The van der Waals surface area contributed by atoms with Crippen molar-refractivity contribution in [1.82, 2.24) is 10.6 Å². The van der Waals surface area contributed by atoms with Gasteiger partial charge in [0.05, 0.1) is 13.7 Å². The van der Waals surface area contributed by atoms with Gasteiger partial charge in [-0.2, -0.15) is 8.78 Å². The highest BCUT2D eigenvalue weighted by Gasteiger charge is 2.10. The largest absolute Gasteiger partial charge is 0.497 e. The fourth-order valence-corrected chi connectivity index (χ4v) is 2.43. The molecule has 1 unspecified atom stereocenters. The highest BCUT2D eigenvalue weighted by atomic mass is 127. The van der Waals surface area contributed by atoms with Gasteiger partial charge in [-0.05, 0) is 37.3 Å². The minimum atomic E-state index is -2.87. The van der Waals surface area contributed by atoms with Crippen LogP contribution in [-0.4, -0.2) is 39.4 Å². The molecule has 0 aliphatic rings. The van der Waals surface area contributed by atoms with Gasteiger partial charge in [0.25, 0.3) is 0 Å². The SMILES string of the molecule is CN=C(NCc1ccccc1OC(F)F)NCC(C)Oc1ccc(OC)cc1.I. The van der Waals surface area contributed by atoms with E-state index in [0.717, 1.165) is 11.5 Å². The Morgan fingerprint density at radius 2 is 1.66 bits per heavy atom. The van der Waals surface area contributed by atoms with Gasteiger partial charge >= 0.3 is 6.61 Å². The number of para-hydroxylation sites is 1. The Hall–Kier alpha value is -2.30. The van der Waals surface area contributed by atoms with Crippen molar-refractivity contribution >= 4 is 29.9 Å². The Morgan fingerprint density at radius 3 is 2.28 bits per heavy atom. The molecule has 0 aliphatic carbocycles. The summed E-state index contributed by atoms with van der Waals surface area (Å²) in [5.74, 6) is 2.16. The summed E-state index contributed by atoms with van der Waals surface area (Å²) in [4.78, 5) is 4.13. The fourth-order valence-electron chi connectivity index (χ4n) is 2.43. The summed E-state index contributed by atoms with van der Waals surface area (Å²) < 4.78 is 40.5. The molecule has 9 heteroatoms. The second-order valence-electron chi connectivity index (χ2n) is 5.90. The van der Waals surface area contributed by atoms with Crippen LogP contribution in [0.15, 0.2) is 53.5 Å². The molecule has 0 heterocycles. The number of halogens is 3. The standard InChI is InChI=1S/C20H25F2N3O3.HI/c1-14(27-17-10-8-16(26-3)9-11-17)12-24-20(23-2)25-13-15-6-4-5-7-18(15)28-19(21)22;/h4-11,14,19H,12-13H2,1-3H3,(H2,23,24,25);1H. The molecule has 0 aliphatic heterocycles. The Balaban J connectivity index is 0.00000420. The topological polar surface area (TPSA) is 64.1 Å². The Morgan fingerprint density at radius 1 is 1.00 bits per heavy atom. The van der Waals surface area contributed by atoms with Gasteiger partial charge in [0.2, 0.25) is 0 Å². The van der Waals surface area contributed by atoms with Crippen molar-refractivity contribution in [1.29, 1.82) is 0 Å². The monoisotopic (exact) mass is 521 g/mol. The summed E-state index contributed by atoms with van der Waals surface area (Å²) in [5, 5.41) is 6.22. The van der Waals surface area contributed by atoms with Crippen LogP contribution >= 0.6 is 24.0 Å². The summed E-state index contributed by atoms with van der Waals surface area (Å²) in [6.45, 7) is -0.150. The van der Waals surface area contributed by atoms with E-state index in [1.165, 1.54) is 6.07 Å². The molecule has 6 nitrogen and oxygen atoms in total. The van der Waals surface area contributed by atoms with Crippen molar-refractivity contribution in [3.05, 3.63) is 54.1 Å². The van der Waals surface area contributed by atoms with Crippen molar-refractivity contribution in [3.8, 4) is 17.2 Å². The molecule has 29 heavy (non-hydrogen) atoms. The van der Waals surface area contributed by atoms with Crippen LogP contribution in [0.1, 0.15) is 12.5 Å². The van der Waals surface area contributed by atoms with Crippen molar-refractivity contribution in [2.45, 2.75) is 26.2 Å². The summed E-state index contributed by atoms with van der Waals surface area (Å²) in [7, 11) is 3.24. The molecular formula is C20H26F2IN3O3. The zero-order chi connectivity index (χ0) is 20.4. The van der Waals surface area contributed by atoms with Gasteiger partial charge in [-0.15, -0.1) is 24.0 Å². The number of guanidine groups is 1. The van der Waals surface area contributed by atoms with E-state index >= 15 is 0 Å². The number of ether oxygens (including phenoxy) is 3. The van der Waals surface area contributed by atoms with Crippen LogP contribution in [0.5, 0.6) is 17.2 Å². The summed E-state index contributed by atoms with van der Waals surface area (Å²) in [5.41, 5.74) is 0.605. The maximum absolute atomic E-state index is 12.5. The maximum atomic E-state index is 12.5. The lowest BCUT2D eigenvalue weighted by Crippen LogP contribution is -2.41. The molecule has 2 aromatic carbocycles. The summed E-state index contributed by atoms with van der Waals surface area (Å²) in [6.07, 6.45) is -0.124. The van der Waals surface area contributed by atoms with Gasteiger partial charge in [0, 0.05) is 19.2 Å². The molecule has 0 amide bonds. The molecular weight excluding hydrogens is 495 g/mol. The molecule has 0 saturated carbocycles. The van der Waals surface area contributed by atoms with Gasteiger partial charge < -0.3 is 24.8 Å². The number of aliphatic imine (C=N–C) groups is 1. The summed E-state index contributed by atoms with van der Waals surface area (Å²) >= 11 is 0. The zero-order valence-corrected chi connectivity index (χ0v) is 18.9. The number of methoxy groups -OCH3 is 1. The lowest BCUT2D eigenvalue weighted by molar-refractivity contribution is -0.0504. The van der Waals surface area contributed by atoms with Crippen molar-refractivity contribution in [2.75, 3.05) is 20.7 Å². The van der Waals surface area contributed by atoms with E-state index in [4.69, 9.17) is 9.47 Å². The molecule has 2 N–H and O–H groups in total. The van der Waals surface area contributed by atoms with Gasteiger partial charge in [-0.25, -0.2) is 0 Å². The van der Waals surface area contributed by atoms with Crippen LogP contribution in [0.25, 0.3) is 0 Å². The van der Waals surface area contributed by atoms with E-state index in [2.05, 4.69) is 20.4 Å². The number of benzene rings is 2. The average molecular weight is 521 g/mol. The lowest BCUT2D eigenvalue weighted by Gasteiger charge is -2.18. The first-order chi connectivity index (χ1) is 13.5. The van der Waals surface area contributed by atoms with Crippen LogP contribution in [-0.2, 0) is 6.54 Å². The normalized spacial score (nSPS) is 12.0. The highest BCUT2D eigenvalue weighted by Crippen LogP contribution is 2.20. The van der Waals surface area contributed by atoms with Crippen LogP contribution in [0.2, 0.25) is 0 Å². The number of hydrogen-bond acceptors (Lipinski definition) is 4. The third-order valence-electron chi connectivity index (χ3n) is 3.81. The van der Waals surface area contributed by atoms with Gasteiger partial charge in [-0.3, -0.25) is 4.99 Å². The van der Waals surface area contributed by atoms with E-state index in [1.807, 2.05) is 31.2 Å². The van der Waals surface area contributed by atoms with Crippen LogP contribution in [0.4, 0.5) is 8.78 Å². The smallest absolute Gasteiger partial charge is 0.387 e. The second-order valence-corrected chi connectivity index (χ2v) is 5.90. The molecule has 2 rings (SSSR count). The van der Waals surface area contributed by atoms with Crippen LogP contribution in [0, 0.1) is 0 Å². The number of hydrogen-bond donors (Lipinski definition) is 2. The molecule has 0 radical (unpaired) electrons. The minimum Gasteiger partial charge on any atom is -0.497 e. The first-order valence-corrected chi connectivity index (χ1v) is 8.79.